The van der Waals surface area contributed by atoms with Crippen LogP contribution in [0.1, 0.15) is 42.6 Å². The largest absolute Gasteiger partial charge is 0.390 e. The molecule has 0 bridgehead atoms. The molecule has 1 saturated heterocycles. The zero-order valence-electron chi connectivity index (χ0n) is 11.1. The molecule has 1 amide bonds. The molecule has 1 heterocycles. The van der Waals surface area contributed by atoms with Crippen molar-refractivity contribution in [3.8, 4) is 0 Å². The smallest absolute Gasteiger partial charge is 0.253 e. The van der Waals surface area contributed by atoms with Crippen LogP contribution in [0.2, 0.25) is 0 Å². The van der Waals surface area contributed by atoms with E-state index in [0.29, 0.717) is 0 Å². The Morgan fingerprint density at radius 2 is 1.89 bits per heavy atom. The van der Waals surface area contributed by atoms with Gasteiger partial charge in [0, 0.05) is 18.7 Å². The fraction of sp³-hybridized carbons (Fsp3) is 0.533. The highest BCUT2D eigenvalue weighted by Crippen LogP contribution is 2.16. The second-order valence-corrected chi connectivity index (χ2v) is 5.66. The lowest BCUT2D eigenvalue weighted by Gasteiger charge is -2.30. The molecule has 0 radical (unpaired) electrons. The van der Waals surface area contributed by atoms with Gasteiger partial charge in [0.1, 0.15) is 0 Å². The van der Waals surface area contributed by atoms with Crippen molar-refractivity contribution in [2.45, 2.75) is 38.7 Å². The van der Waals surface area contributed by atoms with Crippen molar-refractivity contribution in [1.82, 2.24) is 4.90 Å². The van der Waals surface area contributed by atoms with Crippen LogP contribution < -0.4 is 0 Å². The predicted molar refractivity (Wildman–Crippen MR) is 71.6 cm³/mol. The van der Waals surface area contributed by atoms with Crippen LogP contribution in [0.15, 0.2) is 24.3 Å². The molecule has 0 aromatic heterocycles. The van der Waals surface area contributed by atoms with Crippen LogP contribution in [0, 0.1) is 0 Å². The van der Waals surface area contributed by atoms with Gasteiger partial charge >= 0.3 is 0 Å². The number of nitrogens with zero attached hydrogens (tertiary/aromatic N) is 1. The summed E-state index contributed by atoms with van der Waals surface area (Å²) >= 11 is 0. The molecule has 0 aliphatic carbocycles. The van der Waals surface area contributed by atoms with Crippen LogP contribution in [0.25, 0.3) is 0 Å². The molecule has 1 aromatic carbocycles. The molecule has 18 heavy (non-hydrogen) atoms. The van der Waals surface area contributed by atoms with Gasteiger partial charge in [-0.2, -0.15) is 0 Å². The summed E-state index contributed by atoms with van der Waals surface area (Å²) in [5, 5.41) is 9.67. The van der Waals surface area contributed by atoms with E-state index in [0.717, 1.165) is 43.5 Å². The fourth-order valence-corrected chi connectivity index (χ4v) is 1.97. The molecule has 1 N–H and O–H groups in total. The highest BCUT2D eigenvalue weighted by atomic mass is 16.3. The predicted octanol–water partition coefficient (Wildman–Crippen LogP) is 2.24. The summed E-state index contributed by atoms with van der Waals surface area (Å²) in [7, 11) is 0. The Bertz CT molecular complexity index is 413. The van der Waals surface area contributed by atoms with Crippen LogP contribution in [0.4, 0.5) is 0 Å². The zero-order valence-corrected chi connectivity index (χ0v) is 11.1. The molecule has 3 heteroatoms. The SMILES string of the molecule is CC(C)(O)CCc1ccc(C(=O)N2CCC2)cc1. The summed E-state index contributed by atoms with van der Waals surface area (Å²) in [5.41, 5.74) is 1.30. The van der Waals surface area contributed by atoms with Crippen molar-refractivity contribution < 1.29 is 9.90 Å². The quantitative estimate of drug-likeness (QED) is 0.886. The molecule has 3 nitrogen and oxygen atoms in total. The Balaban J connectivity index is 1.94. The molecular formula is C15H21NO2. The maximum atomic E-state index is 11.9. The van der Waals surface area contributed by atoms with Crippen LogP contribution in [-0.4, -0.2) is 34.6 Å². The minimum Gasteiger partial charge on any atom is -0.390 e. The van der Waals surface area contributed by atoms with Crippen LogP contribution in [0.5, 0.6) is 0 Å². The third-order valence-corrected chi connectivity index (χ3v) is 3.37. The first-order valence-electron chi connectivity index (χ1n) is 6.56. The van der Waals surface area contributed by atoms with Crippen molar-refractivity contribution >= 4 is 5.91 Å². The first-order valence-corrected chi connectivity index (χ1v) is 6.56. The fourth-order valence-electron chi connectivity index (χ4n) is 1.97. The number of likely N-dealkylation sites (tertiary alicyclic amines) is 1. The van der Waals surface area contributed by atoms with Crippen molar-refractivity contribution in [3.63, 3.8) is 0 Å². The average molecular weight is 247 g/mol. The van der Waals surface area contributed by atoms with E-state index in [2.05, 4.69) is 0 Å². The number of amides is 1. The first-order chi connectivity index (χ1) is 8.46. The molecule has 1 aliphatic heterocycles. The van der Waals surface area contributed by atoms with E-state index in [1.54, 1.807) is 0 Å². The summed E-state index contributed by atoms with van der Waals surface area (Å²) in [5.74, 6) is 0.135. The van der Waals surface area contributed by atoms with E-state index in [1.165, 1.54) is 0 Å². The number of aryl methyl sites for hydroxylation is 1. The number of carbonyl (C=O) groups excluding carboxylic acids is 1. The van der Waals surface area contributed by atoms with E-state index in [-0.39, 0.29) is 5.91 Å². The summed E-state index contributed by atoms with van der Waals surface area (Å²) in [6.45, 7) is 5.40. The van der Waals surface area contributed by atoms with E-state index >= 15 is 0 Å². The van der Waals surface area contributed by atoms with Gasteiger partial charge in [-0.1, -0.05) is 12.1 Å². The van der Waals surface area contributed by atoms with Gasteiger partial charge in [0.2, 0.25) is 0 Å². The highest BCUT2D eigenvalue weighted by molar-refractivity contribution is 5.94. The number of carbonyl (C=O) groups is 1. The van der Waals surface area contributed by atoms with Gasteiger partial charge in [-0.3, -0.25) is 4.79 Å². The maximum absolute atomic E-state index is 11.9. The Morgan fingerprint density at radius 3 is 2.33 bits per heavy atom. The van der Waals surface area contributed by atoms with Gasteiger partial charge in [0.25, 0.3) is 5.91 Å². The van der Waals surface area contributed by atoms with Gasteiger partial charge in [-0.05, 0) is 50.8 Å². The number of hydrogen-bond donors (Lipinski definition) is 1. The second-order valence-electron chi connectivity index (χ2n) is 5.66. The zero-order chi connectivity index (χ0) is 13.2. The molecule has 1 aliphatic rings. The van der Waals surface area contributed by atoms with Gasteiger partial charge in [-0.15, -0.1) is 0 Å². The standard InChI is InChI=1S/C15H21NO2/c1-15(2,18)9-8-12-4-6-13(7-5-12)14(17)16-10-3-11-16/h4-7,18H,3,8-11H2,1-2H3. The van der Waals surface area contributed by atoms with Crippen molar-refractivity contribution in [3.05, 3.63) is 35.4 Å². The van der Waals surface area contributed by atoms with E-state index in [4.69, 9.17) is 0 Å². The third kappa shape index (κ3) is 3.33. The van der Waals surface area contributed by atoms with Gasteiger partial charge in [0.05, 0.1) is 5.60 Å². The van der Waals surface area contributed by atoms with Crippen molar-refractivity contribution in [2.24, 2.45) is 0 Å². The number of rotatable bonds is 4. The Hall–Kier alpha value is -1.35. The van der Waals surface area contributed by atoms with Crippen molar-refractivity contribution in [1.29, 1.82) is 0 Å². The van der Waals surface area contributed by atoms with Gasteiger partial charge < -0.3 is 10.0 Å². The highest BCUT2D eigenvalue weighted by Gasteiger charge is 2.21. The molecule has 0 spiro atoms. The molecule has 1 aromatic rings. The Kier molecular flexibility index (Phi) is 3.71. The molecule has 0 saturated carbocycles. The maximum Gasteiger partial charge on any atom is 0.253 e. The van der Waals surface area contributed by atoms with Crippen molar-refractivity contribution in [2.75, 3.05) is 13.1 Å². The second kappa shape index (κ2) is 5.11. The lowest BCUT2D eigenvalue weighted by Crippen LogP contribution is -2.41. The van der Waals surface area contributed by atoms with Crippen LogP contribution in [-0.2, 0) is 6.42 Å². The van der Waals surface area contributed by atoms with E-state index in [1.807, 2.05) is 43.0 Å². The summed E-state index contributed by atoms with van der Waals surface area (Å²) in [4.78, 5) is 13.8. The van der Waals surface area contributed by atoms with E-state index in [9.17, 15) is 9.90 Å². The average Bonchev–Trinajstić information content (AvgIpc) is 2.23. The number of aliphatic hydroxyl groups is 1. The molecule has 0 atom stereocenters. The third-order valence-electron chi connectivity index (χ3n) is 3.37. The summed E-state index contributed by atoms with van der Waals surface area (Å²) in [6.07, 6.45) is 2.68. The first kappa shape index (κ1) is 13.1. The summed E-state index contributed by atoms with van der Waals surface area (Å²) < 4.78 is 0. The minimum atomic E-state index is -0.633. The van der Waals surface area contributed by atoms with E-state index < -0.39 is 5.60 Å². The molecular weight excluding hydrogens is 226 g/mol. The lowest BCUT2D eigenvalue weighted by molar-refractivity contribution is 0.0650. The van der Waals surface area contributed by atoms with Crippen LogP contribution >= 0.6 is 0 Å². The number of hydrogen-bond acceptors (Lipinski definition) is 2. The monoisotopic (exact) mass is 247 g/mol. The Morgan fingerprint density at radius 1 is 1.28 bits per heavy atom. The van der Waals surface area contributed by atoms with Crippen LogP contribution in [0.3, 0.4) is 0 Å². The lowest BCUT2D eigenvalue weighted by atomic mass is 9.98. The molecule has 98 valence electrons. The minimum absolute atomic E-state index is 0.135. The summed E-state index contributed by atoms with van der Waals surface area (Å²) in [6, 6.07) is 7.75. The molecule has 2 rings (SSSR count). The topological polar surface area (TPSA) is 40.5 Å². The molecule has 0 unspecified atom stereocenters. The number of benzene rings is 1. The van der Waals surface area contributed by atoms with Gasteiger partial charge in [0.15, 0.2) is 0 Å². The Labute approximate surface area is 108 Å². The van der Waals surface area contributed by atoms with Gasteiger partial charge in [-0.25, -0.2) is 0 Å². The molecule has 1 fully saturated rings. The normalized spacial score (nSPS) is 15.4.